The van der Waals surface area contributed by atoms with Crippen LogP contribution in [-0.2, 0) is 17.9 Å². The highest BCUT2D eigenvalue weighted by Crippen LogP contribution is 2.49. The average Bonchev–Trinajstić information content (AvgIpc) is 3.21. The van der Waals surface area contributed by atoms with Crippen LogP contribution in [0.3, 0.4) is 0 Å². The lowest BCUT2D eigenvalue weighted by Crippen LogP contribution is -2.56. The molecule has 1 aliphatic carbocycles. The van der Waals surface area contributed by atoms with Crippen molar-refractivity contribution in [1.82, 2.24) is 18.9 Å². The van der Waals surface area contributed by atoms with Gasteiger partial charge in [-0.15, -0.1) is 0 Å². The molecule has 0 saturated heterocycles. The summed E-state index contributed by atoms with van der Waals surface area (Å²) in [6, 6.07) is 12.5. The molecule has 0 amide bonds. The molecule has 2 aromatic carbocycles. The van der Waals surface area contributed by atoms with Crippen LogP contribution in [0.4, 0.5) is 4.39 Å². The van der Waals surface area contributed by atoms with Gasteiger partial charge in [0.15, 0.2) is 0 Å². The van der Waals surface area contributed by atoms with Gasteiger partial charge in [-0.25, -0.2) is 9.40 Å². The van der Waals surface area contributed by atoms with E-state index in [1.807, 2.05) is 18.5 Å². The lowest BCUT2D eigenvalue weighted by atomic mass is 9.80. The van der Waals surface area contributed by atoms with Gasteiger partial charge < -0.3 is 9.30 Å². The van der Waals surface area contributed by atoms with Gasteiger partial charge in [0, 0.05) is 48.4 Å². The number of hydrazine groups is 1. The number of aromatic nitrogens is 1. The fourth-order valence-electron chi connectivity index (χ4n) is 7.40. The number of hydrogen-bond donors (Lipinski definition) is 1. The van der Waals surface area contributed by atoms with E-state index in [1.165, 1.54) is 0 Å². The van der Waals surface area contributed by atoms with Crippen molar-refractivity contribution in [2.75, 3.05) is 20.7 Å². The SMILES string of the molecule is CC(=O)C1[C@@H]2COc3c(C)cccc3-c3c([C@H]4CCCC[C@@H]4F)c4ccc(cc4n3C2)CN(S)N(C)C(C)N1C. The highest BCUT2D eigenvalue weighted by molar-refractivity contribution is 7.77. The molecule has 3 aromatic rings. The third-order valence-corrected chi connectivity index (χ3v) is 10.1. The maximum atomic E-state index is 15.8. The molecule has 0 spiro atoms. The molecule has 8 heteroatoms. The molecule has 214 valence electrons. The van der Waals surface area contributed by atoms with Crippen LogP contribution in [-0.4, -0.2) is 63.8 Å². The zero-order chi connectivity index (χ0) is 28.3. The van der Waals surface area contributed by atoms with Crippen molar-refractivity contribution in [3.05, 3.63) is 53.1 Å². The Balaban J connectivity index is 1.68. The van der Waals surface area contributed by atoms with Crippen molar-refractivity contribution in [2.24, 2.45) is 5.92 Å². The van der Waals surface area contributed by atoms with E-state index in [0.717, 1.165) is 63.9 Å². The Kier molecular flexibility index (Phi) is 7.49. The molecule has 4 bridgehead atoms. The number of ketones is 1. The Morgan fingerprint density at radius 2 is 1.90 bits per heavy atom. The number of alkyl halides is 1. The molecule has 3 heterocycles. The van der Waals surface area contributed by atoms with E-state index in [0.29, 0.717) is 26.1 Å². The van der Waals surface area contributed by atoms with Crippen molar-refractivity contribution in [3.8, 4) is 17.0 Å². The van der Waals surface area contributed by atoms with Crippen LogP contribution >= 0.6 is 12.8 Å². The van der Waals surface area contributed by atoms with E-state index in [-0.39, 0.29) is 29.8 Å². The number of ether oxygens (including phenoxy) is 1. The molecule has 2 unspecified atom stereocenters. The van der Waals surface area contributed by atoms with Crippen LogP contribution in [0.25, 0.3) is 22.2 Å². The summed E-state index contributed by atoms with van der Waals surface area (Å²) in [5.74, 6) is 0.670. The van der Waals surface area contributed by atoms with Gasteiger partial charge in [-0.3, -0.25) is 9.69 Å². The fraction of sp³-hybridized carbons (Fsp3) is 0.531. The standard InChI is InChI=1S/C32H41FN4O2S/c1-19-9-8-11-26-31-29(24-10-6-7-12-27(24)33)25-14-13-22-15-28(25)36(31)17-23(18-39-32(19)26)30(20(2)38)34(4)21(3)35(5)37(40)16-22/h8-9,11,13-15,21,23-24,27,30,40H,6-7,10,12,16-18H2,1-5H3/t21?,23-,24-,27-,30?/m0/s1. The van der Waals surface area contributed by atoms with Crippen LogP contribution in [0.2, 0.25) is 0 Å². The molecule has 5 atom stereocenters. The number of nitrogens with zero attached hydrogens (tertiary/aromatic N) is 4. The first-order valence-electron chi connectivity index (χ1n) is 14.6. The van der Waals surface area contributed by atoms with Crippen molar-refractivity contribution in [3.63, 3.8) is 0 Å². The molecular weight excluding hydrogens is 523 g/mol. The largest absolute Gasteiger partial charge is 0.492 e. The number of thiol groups is 1. The van der Waals surface area contributed by atoms with Crippen LogP contribution in [0.5, 0.6) is 5.75 Å². The van der Waals surface area contributed by atoms with Gasteiger partial charge in [-0.2, -0.15) is 4.41 Å². The summed E-state index contributed by atoms with van der Waals surface area (Å²) >= 11 is 4.84. The van der Waals surface area contributed by atoms with Crippen molar-refractivity contribution < 1.29 is 13.9 Å². The quantitative estimate of drug-likeness (QED) is 0.367. The van der Waals surface area contributed by atoms with Gasteiger partial charge in [0.05, 0.1) is 24.5 Å². The monoisotopic (exact) mass is 564 g/mol. The molecule has 2 aliphatic heterocycles. The minimum Gasteiger partial charge on any atom is -0.492 e. The number of carbonyl (C=O) groups is 1. The number of halogens is 1. The van der Waals surface area contributed by atoms with E-state index >= 15 is 4.39 Å². The molecule has 0 radical (unpaired) electrons. The predicted octanol–water partition coefficient (Wildman–Crippen LogP) is 6.36. The third-order valence-electron chi connectivity index (χ3n) is 9.67. The molecule has 1 saturated carbocycles. The summed E-state index contributed by atoms with van der Waals surface area (Å²) in [4.78, 5) is 15.5. The van der Waals surface area contributed by atoms with Crippen LogP contribution in [0, 0.1) is 12.8 Å². The summed E-state index contributed by atoms with van der Waals surface area (Å²) in [6.07, 6.45) is 2.46. The summed E-state index contributed by atoms with van der Waals surface area (Å²) in [6.45, 7) is 7.49. The van der Waals surface area contributed by atoms with E-state index in [1.54, 1.807) is 6.92 Å². The van der Waals surface area contributed by atoms with Gasteiger partial charge in [0.1, 0.15) is 17.7 Å². The number of Topliss-reactive ketones (excluding diaryl/α,β-unsaturated/α-hetero) is 1. The summed E-state index contributed by atoms with van der Waals surface area (Å²) in [7, 11) is 4.03. The molecule has 6 rings (SSSR count). The number of benzene rings is 2. The van der Waals surface area contributed by atoms with Crippen LogP contribution < -0.4 is 4.74 Å². The Morgan fingerprint density at radius 1 is 1.12 bits per heavy atom. The number of para-hydroxylation sites is 1. The third kappa shape index (κ3) is 4.57. The Hall–Kier alpha value is -2.39. The van der Waals surface area contributed by atoms with E-state index in [9.17, 15) is 4.79 Å². The average molecular weight is 565 g/mol. The zero-order valence-corrected chi connectivity index (χ0v) is 25.1. The molecule has 40 heavy (non-hydrogen) atoms. The van der Waals surface area contributed by atoms with Crippen molar-refractivity contribution in [2.45, 2.75) is 83.8 Å². The lowest BCUT2D eigenvalue weighted by molar-refractivity contribution is -0.129. The van der Waals surface area contributed by atoms with Gasteiger partial charge in [-0.05, 0) is 69.5 Å². The number of fused-ring (bicyclic) bond motifs is 4. The maximum absolute atomic E-state index is 15.8. The Bertz CT molecular complexity index is 1440. The van der Waals surface area contributed by atoms with Gasteiger partial charge in [0.2, 0.25) is 0 Å². The van der Waals surface area contributed by atoms with Gasteiger partial charge >= 0.3 is 0 Å². The second-order valence-electron chi connectivity index (χ2n) is 12.1. The first kappa shape index (κ1) is 27.8. The minimum absolute atomic E-state index is 0.0808. The Labute approximate surface area is 242 Å². The highest BCUT2D eigenvalue weighted by atomic mass is 32.1. The molecule has 6 nitrogen and oxygen atoms in total. The van der Waals surface area contributed by atoms with Crippen molar-refractivity contribution in [1.29, 1.82) is 0 Å². The molecular formula is C32H41FN4O2S. The van der Waals surface area contributed by atoms with Gasteiger partial charge in [0.25, 0.3) is 0 Å². The van der Waals surface area contributed by atoms with E-state index in [4.69, 9.17) is 17.6 Å². The zero-order valence-electron chi connectivity index (χ0n) is 24.2. The number of aryl methyl sites for hydroxylation is 1. The Morgan fingerprint density at radius 3 is 2.65 bits per heavy atom. The molecule has 1 aromatic heterocycles. The fourth-order valence-corrected chi connectivity index (χ4v) is 7.71. The first-order valence-corrected chi connectivity index (χ1v) is 15.0. The molecule has 1 fully saturated rings. The van der Waals surface area contributed by atoms with E-state index < -0.39 is 6.17 Å². The van der Waals surface area contributed by atoms with Crippen LogP contribution in [0.1, 0.15) is 62.1 Å². The topological polar surface area (TPSA) is 41.0 Å². The highest BCUT2D eigenvalue weighted by Gasteiger charge is 2.39. The van der Waals surface area contributed by atoms with Crippen molar-refractivity contribution >= 4 is 29.5 Å². The molecule has 0 N–H and O–H groups in total. The number of likely N-dealkylation sites (N-methyl/N-ethyl adjacent to an activating group) is 1. The number of rotatable bonds is 2. The smallest absolute Gasteiger partial charge is 0.147 e. The normalized spacial score (nSPS) is 28.4. The lowest BCUT2D eigenvalue weighted by Gasteiger charge is -2.43. The number of carbonyl (C=O) groups excluding carboxylic acids is 1. The number of hydrogen-bond acceptors (Lipinski definition) is 6. The predicted molar refractivity (Wildman–Crippen MR) is 161 cm³/mol. The summed E-state index contributed by atoms with van der Waals surface area (Å²) < 4.78 is 26.7. The second kappa shape index (κ2) is 10.8. The van der Waals surface area contributed by atoms with E-state index in [2.05, 4.69) is 64.7 Å². The van der Waals surface area contributed by atoms with Crippen LogP contribution in [0.15, 0.2) is 36.4 Å². The second-order valence-corrected chi connectivity index (χ2v) is 12.6. The summed E-state index contributed by atoms with van der Waals surface area (Å²) in [5.41, 5.74) is 6.46. The summed E-state index contributed by atoms with van der Waals surface area (Å²) in [5, 5.41) is 3.18. The minimum atomic E-state index is -0.875. The first-order chi connectivity index (χ1) is 19.2. The molecule has 3 aliphatic rings. The maximum Gasteiger partial charge on any atom is 0.147 e. The van der Waals surface area contributed by atoms with Gasteiger partial charge in [-0.1, -0.05) is 49.9 Å².